The number of esters is 1. The van der Waals surface area contributed by atoms with E-state index in [1.165, 1.54) is 0 Å². The third-order valence-corrected chi connectivity index (χ3v) is 3.77. The van der Waals surface area contributed by atoms with Gasteiger partial charge in [0, 0.05) is 11.4 Å². The van der Waals surface area contributed by atoms with Crippen LogP contribution >= 0.6 is 11.6 Å². The Hall–Kier alpha value is -1.13. The quantitative estimate of drug-likeness (QED) is 0.773. The minimum absolute atomic E-state index is 0.00868. The number of nitrogens with zero attached hydrogens (tertiary/aromatic N) is 1. The number of rotatable bonds is 2. The fourth-order valence-corrected chi connectivity index (χ4v) is 2.90. The van der Waals surface area contributed by atoms with Crippen molar-refractivity contribution in [2.75, 3.05) is 6.61 Å². The van der Waals surface area contributed by atoms with Crippen molar-refractivity contribution in [2.24, 2.45) is 0 Å². The average molecular weight is 268 g/mol. The molecule has 0 saturated carbocycles. The van der Waals surface area contributed by atoms with Crippen LogP contribution in [-0.2, 0) is 15.9 Å². The SMILES string of the molecule is CCOC(=O)c1cc(Cl)c2c(n1)C1CCC(C2)O1. The van der Waals surface area contributed by atoms with Gasteiger partial charge in [0.25, 0.3) is 0 Å². The molecule has 1 fully saturated rings. The van der Waals surface area contributed by atoms with Gasteiger partial charge in [-0.1, -0.05) is 11.6 Å². The van der Waals surface area contributed by atoms with Crippen LogP contribution in [0.15, 0.2) is 6.07 Å². The summed E-state index contributed by atoms with van der Waals surface area (Å²) in [7, 11) is 0. The van der Waals surface area contributed by atoms with Crippen molar-refractivity contribution in [2.45, 2.75) is 38.4 Å². The Morgan fingerprint density at radius 2 is 2.44 bits per heavy atom. The zero-order valence-electron chi connectivity index (χ0n) is 10.1. The molecular weight excluding hydrogens is 254 g/mol. The maximum absolute atomic E-state index is 11.7. The van der Waals surface area contributed by atoms with E-state index in [1.807, 2.05) is 0 Å². The largest absolute Gasteiger partial charge is 0.461 e. The Morgan fingerprint density at radius 1 is 1.61 bits per heavy atom. The zero-order valence-corrected chi connectivity index (χ0v) is 10.9. The number of hydrogen-bond acceptors (Lipinski definition) is 4. The van der Waals surface area contributed by atoms with Gasteiger partial charge in [-0.15, -0.1) is 0 Å². The van der Waals surface area contributed by atoms with Crippen LogP contribution in [0.2, 0.25) is 5.02 Å². The molecule has 2 bridgehead atoms. The van der Waals surface area contributed by atoms with E-state index in [0.29, 0.717) is 11.6 Å². The molecule has 0 spiro atoms. The molecule has 3 heterocycles. The van der Waals surface area contributed by atoms with Gasteiger partial charge in [0.05, 0.1) is 18.4 Å². The first-order chi connectivity index (χ1) is 8.69. The van der Waals surface area contributed by atoms with Gasteiger partial charge >= 0.3 is 5.97 Å². The Morgan fingerprint density at radius 3 is 3.22 bits per heavy atom. The molecule has 4 nitrogen and oxygen atoms in total. The van der Waals surface area contributed by atoms with Crippen LogP contribution < -0.4 is 0 Å². The summed E-state index contributed by atoms with van der Waals surface area (Å²) < 4.78 is 10.8. The number of halogens is 1. The van der Waals surface area contributed by atoms with Crippen molar-refractivity contribution in [3.8, 4) is 0 Å². The summed E-state index contributed by atoms with van der Waals surface area (Å²) >= 11 is 6.25. The minimum Gasteiger partial charge on any atom is -0.461 e. The summed E-state index contributed by atoms with van der Waals surface area (Å²) in [6.45, 7) is 2.10. The number of carbonyl (C=O) groups is 1. The molecule has 5 heteroatoms. The number of pyridine rings is 1. The van der Waals surface area contributed by atoms with Gasteiger partial charge in [-0.3, -0.25) is 0 Å². The Bertz CT molecular complexity index is 503. The lowest BCUT2D eigenvalue weighted by Gasteiger charge is -2.24. The Balaban J connectivity index is 2.01. The predicted octanol–water partition coefficient (Wildman–Crippen LogP) is 2.69. The molecule has 0 aromatic carbocycles. The number of carbonyl (C=O) groups excluding carboxylic acids is 1. The maximum atomic E-state index is 11.7. The van der Waals surface area contributed by atoms with Gasteiger partial charge in [-0.25, -0.2) is 9.78 Å². The lowest BCUT2D eigenvalue weighted by molar-refractivity contribution is 0.0289. The Labute approximate surface area is 110 Å². The summed E-state index contributed by atoms with van der Waals surface area (Å²) in [5.41, 5.74) is 2.12. The second-order valence-electron chi connectivity index (χ2n) is 4.60. The molecule has 3 rings (SSSR count). The van der Waals surface area contributed by atoms with E-state index in [9.17, 15) is 4.79 Å². The molecule has 0 radical (unpaired) electrons. The zero-order chi connectivity index (χ0) is 12.7. The van der Waals surface area contributed by atoms with Crippen molar-refractivity contribution < 1.29 is 14.3 Å². The minimum atomic E-state index is -0.428. The smallest absolute Gasteiger partial charge is 0.356 e. The molecule has 1 aromatic heterocycles. The normalized spacial score (nSPS) is 24.8. The fourth-order valence-electron chi connectivity index (χ4n) is 2.62. The third kappa shape index (κ3) is 1.89. The van der Waals surface area contributed by atoms with Crippen LogP contribution in [0, 0.1) is 0 Å². The first-order valence-electron chi connectivity index (χ1n) is 6.21. The molecule has 2 aliphatic rings. The molecular formula is C13H14ClNO3. The summed E-state index contributed by atoms with van der Waals surface area (Å²) in [5.74, 6) is -0.428. The monoisotopic (exact) mass is 267 g/mol. The molecule has 2 atom stereocenters. The van der Waals surface area contributed by atoms with E-state index in [0.717, 1.165) is 30.5 Å². The molecule has 0 N–H and O–H groups in total. The van der Waals surface area contributed by atoms with Crippen molar-refractivity contribution in [3.05, 3.63) is 28.0 Å². The number of ether oxygens (including phenoxy) is 2. The molecule has 1 saturated heterocycles. The lowest BCUT2D eigenvalue weighted by atomic mass is 10.0. The van der Waals surface area contributed by atoms with Gasteiger partial charge in [-0.2, -0.15) is 0 Å². The first kappa shape index (κ1) is 11.9. The fraction of sp³-hybridized carbons (Fsp3) is 0.538. The van der Waals surface area contributed by atoms with E-state index in [2.05, 4.69) is 4.98 Å². The van der Waals surface area contributed by atoms with Gasteiger partial charge in [0.15, 0.2) is 0 Å². The summed E-state index contributed by atoms with van der Waals surface area (Å²) in [5, 5.41) is 0.600. The van der Waals surface area contributed by atoms with E-state index < -0.39 is 5.97 Å². The van der Waals surface area contributed by atoms with Crippen LogP contribution in [0.4, 0.5) is 0 Å². The van der Waals surface area contributed by atoms with Crippen molar-refractivity contribution in [1.29, 1.82) is 0 Å². The van der Waals surface area contributed by atoms with Gasteiger partial charge in [-0.05, 0) is 31.4 Å². The van der Waals surface area contributed by atoms with Gasteiger partial charge in [0.2, 0.25) is 0 Å². The number of hydrogen-bond donors (Lipinski definition) is 0. The van der Waals surface area contributed by atoms with Crippen LogP contribution in [0.3, 0.4) is 0 Å². The van der Waals surface area contributed by atoms with Crippen LogP contribution in [0.1, 0.15) is 47.6 Å². The second-order valence-corrected chi connectivity index (χ2v) is 5.01. The molecule has 0 amide bonds. The van der Waals surface area contributed by atoms with Crippen molar-refractivity contribution in [1.82, 2.24) is 4.98 Å². The van der Waals surface area contributed by atoms with Gasteiger partial charge < -0.3 is 9.47 Å². The summed E-state index contributed by atoms with van der Waals surface area (Å²) in [4.78, 5) is 16.1. The van der Waals surface area contributed by atoms with Crippen molar-refractivity contribution in [3.63, 3.8) is 0 Å². The predicted molar refractivity (Wildman–Crippen MR) is 65.8 cm³/mol. The molecule has 1 aromatic rings. The molecule has 18 heavy (non-hydrogen) atoms. The number of aromatic nitrogens is 1. The number of fused-ring (bicyclic) bond motifs is 4. The highest BCUT2D eigenvalue weighted by atomic mass is 35.5. The van der Waals surface area contributed by atoms with Crippen molar-refractivity contribution >= 4 is 17.6 Å². The highest BCUT2D eigenvalue weighted by molar-refractivity contribution is 6.31. The van der Waals surface area contributed by atoms with Crippen LogP contribution in [0.25, 0.3) is 0 Å². The third-order valence-electron chi connectivity index (χ3n) is 3.43. The standard InChI is InChI=1S/C13H14ClNO3/c1-2-17-13(16)10-6-9(14)8-5-7-3-4-11(18-7)12(8)15-10/h6-7,11H,2-5H2,1H3. The van der Waals surface area contributed by atoms with E-state index in [1.54, 1.807) is 13.0 Å². The first-order valence-corrected chi connectivity index (χ1v) is 6.58. The molecule has 2 aliphatic heterocycles. The lowest BCUT2D eigenvalue weighted by Crippen LogP contribution is -2.21. The summed E-state index contributed by atoms with van der Waals surface area (Å²) in [6, 6.07) is 1.60. The maximum Gasteiger partial charge on any atom is 0.356 e. The Kier molecular flexibility index (Phi) is 2.99. The van der Waals surface area contributed by atoms with Crippen LogP contribution in [-0.4, -0.2) is 23.7 Å². The highest BCUT2D eigenvalue weighted by Crippen LogP contribution is 2.42. The van der Waals surface area contributed by atoms with Crippen LogP contribution in [0.5, 0.6) is 0 Å². The molecule has 2 unspecified atom stereocenters. The molecule has 96 valence electrons. The van der Waals surface area contributed by atoms with E-state index in [-0.39, 0.29) is 17.9 Å². The average Bonchev–Trinajstić information content (AvgIpc) is 2.74. The van der Waals surface area contributed by atoms with Gasteiger partial charge in [0.1, 0.15) is 11.8 Å². The van der Waals surface area contributed by atoms with E-state index >= 15 is 0 Å². The second kappa shape index (κ2) is 4.52. The van der Waals surface area contributed by atoms with E-state index in [4.69, 9.17) is 21.1 Å². The molecule has 0 aliphatic carbocycles. The topological polar surface area (TPSA) is 48.4 Å². The summed E-state index contributed by atoms with van der Waals surface area (Å²) in [6.07, 6.45) is 3.03. The highest BCUT2D eigenvalue weighted by Gasteiger charge is 2.36.